The third-order valence-corrected chi connectivity index (χ3v) is 6.26. The van der Waals surface area contributed by atoms with E-state index in [2.05, 4.69) is 20.9 Å². The molecule has 14 nitrogen and oxygen atoms in total. The smallest absolute Gasteiger partial charge is 0.330 e. The highest BCUT2D eigenvalue weighted by Crippen LogP contribution is 2.20. The van der Waals surface area contributed by atoms with Crippen molar-refractivity contribution in [3.8, 4) is 5.75 Å². The second-order valence-electron chi connectivity index (χ2n) is 10.2. The Hall–Kier alpha value is -4.20. The van der Waals surface area contributed by atoms with Gasteiger partial charge in [-0.3, -0.25) is 19.2 Å². The Labute approximate surface area is 233 Å². The summed E-state index contributed by atoms with van der Waals surface area (Å²) in [4.78, 5) is 68.1. The molecular weight excluding hydrogens is 520 g/mol. The summed E-state index contributed by atoms with van der Waals surface area (Å²) in [6, 6.07) is 3.70. The van der Waals surface area contributed by atoms with Crippen molar-refractivity contribution in [1.82, 2.24) is 20.9 Å². The van der Waals surface area contributed by atoms with Gasteiger partial charge in [0.2, 0.25) is 23.6 Å². The zero-order valence-electron chi connectivity index (χ0n) is 23.3. The molecule has 0 aliphatic carbocycles. The van der Waals surface area contributed by atoms with E-state index in [1.807, 2.05) is 13.8 Å². The Balaban J connectivity index is 1.84. The van der Waals surface area contributed by atoms with Gasteiger partial charge >= 0.3 is 5.97 Å². The summed E-state index contributed by atoms with van der Waals surface area (Å²) in [6.07, 6.45) is 1.12. The summed E-state index contributed by atoms with van der Waals surface area (Å²) in [6.45, 7) is 6.70. The minimum atomic E-state index is -0.968. The van der Waals surface area contributed by atoms with Crippen molar-refractivity contribution in [2.75, 3.05) is 19.6 Å². The molecule has 1 aromatic carbocycles. The standard InChI is InChI=1S/C26H40N8O6/c1-14(2)21(27)25(39)34-11-5-6-18(34)23(37)30-12-19(35)33-22(15(3)4)24(38)31-13-20(36)40-17-9-7-16(8-10-17)32-26(28)29/h7-10,14-15,18,21-22H,5-6,11-13,27H2,1-4H3,(H,30,37)(H,31,38)(H,33,35)(H4,28,29,32). The van der Waals surface area contributed by atoms with Crippen LogP contribution in [0.5, 0.6) is 5.75 Å². The average molecular weight is 561 g/mol. The molecule has 1 saturated heterocycles. The van der Waals surface area contributed by atoms with Crippen LogP contribution in [0.2, 0.25) is 0 Å². The van der Waals surface area contributed by atoms with E-state index < -0.39 is 48.4 Å². The van der Waals surface area contributed by atoms with E-state index in [0.717, 1.165) is 0 Å². The number of nitrogens with two attached hydrogens (primary N) is 3. The number of carbonyl (C=O) groups excluding carboxylic acids is 5. The van der Waals surface area contributed by atoms with Gasteiger partial charge in [-0.2, -0.15) is 0 Å². The van der Waals surface area contributed by atoms with Gasteiger partial charge in [-0.1, -0.05) is 27.7 Å². The molecule has 0 bridgehead atoms. The van der Waals surface area contributed by atoms with Crippen LogP contribution in [-0.2, 0) is 24.0 Å². The first-order valence-corrected chi connectivity index (χ1v) is 13.1. The summed E-state index contributed by atoms with van der Waals surface area (Å²) in [5, 5.41) is 7.56. The largest absolute Gasteiger partial charge is 0.425 e. The van der Waals surface area contributed by atoms with Gasteiger partial charge in [0.05, 0.1) is 18.3 Å². The molecule has 1 aliphatic rings. The number of guanidine groups is 1. The van der Waals surface area contributed by atoms with Gasteiger partial charge in [-0.15, -0.1) is 0 Å². The van der Waals surface area contributed by atoms with Crippen molar-refractivity contribution < 1.29 is 28.7 Å². The number of aliphatic imine (C=N–C) groups is 1. The molecule has 2 rings (SSSR count). The lowest BCUT2D eigenvalue weighted by molar-refractivity contribution is -0.140. The lowest BCUT2D eigenvalue weighted by atomic mass is 10.0. The molecule has 14 heteroatoms. The van der Waals surface area contributed by atoms with Crippen LogP contribution in [0.4, 0.5) is 5.69 Å². The van der Waals surface area contributed by atoms with Crippen LogP contribution in [0.1, 0.15) is 40.5 Å². The number of hydrogen-bond donors (Lipinski definition) is 6. The second kappa shape index (κ2) is 14.8. The van der Waals surface area contributed by atoms with Crippen molar-refractivity contribution in [3.05, 3.63) is 24.3 Å². The second-order valence-corrected chi connectivity index (χ2v) is 10.2. The highest BCUT2D eigenvalue weighted by Gasteiger charge is 2.37. The van der Waals surface area contributed by atoms with Crippen LogP contribution in [-0.4, -0.2) is 78.2 Å². The molecule has 1 fully saturated rings. The van der Waals surface area contributed by atoms with Gasteiger partial charge in [-0.25, -0.2) is 9.79 Å². The van der Waals surface area contributed by atoms with Crippen molar-refractivity contribution >= 4 is 41.2 Å². The maximum atomic E-state index is 12.7. The number of likely N-dealkylation sites (tertiary alicyclic amines) is 1. The topological polar surface area (TPSA) is 224 Å². The number of amides is 4. The molecule has 4 amide bonds. The molecule has 3 atom stereocenters. The van der Waals surface area contributed by atoms with Crippen LogP contribution in [0, 0.1) is 11.8 Å². The molecule has 0 radical (unpaired) electrons. The zero-order chi connectivity index (χ0) is 30.0. The SMILES string of the molecule is CC(C)C(N)C(=O)N1CCCC1C(=O)NCC(=O)NC(C(=O)NCC(=O)Oc1ccc(N=C(N)N)cc1)C(C)C. The summed E-state index contributed by atoms with van der Waals surface area (Å²) < 4.78 is 5.18. The number of esters is 1. The monoisotopic (exact) mass is 560 g/mol. The summed E-state index contributed by atoms with van der Waals surface area (Å²) in [5.74, 6) is -2.95. The van der Waals surface area contributed by atoms with Crippen LogP contribution < -0.4 is 37.9 Å². The van der Waals surface area contributed by atoms with Crippen LogP contribution in [0.25, 0.3) is 0 Å². The van der Waals surface area contributed by atoms with Crippen LogP contribution in [0.3, 0.4) is 0 Å². The van der Waals surface area contributed by atoms with Gasteiger partial charge < -0.3 is 42.8 Å². The summed E-state index contributed by atoms with van der Waals surface area (Å²) >= 11 is 0. The van der Waals surface area contributed by atoms with E-state index in [1.165, 1.54) is 17.0 Å². The quantitative estimate of drug-likeness (QED) is 0.0784. The van der Waals surface area contributed by atoms with E-state index >= 15 is 0 Å². The summed E-state index contributed by atoms with van der Waals surface area (Å²) in [5.41, 5.74) is 17.1. The van der Waals surface area contributed by atoms with E-state index in [1.54, 1.807) is 26.0 Å². The molecule has 0 spiro atoms. The third kappa shape index (κ3) is 9.52. The third-order valence-electron chi connectivity index (χ3n) is 6.26. The molecule has 40 heavy (non-hydrogen) atoms. The highest BCUT2D eigenvalue weighted by atomic mass is 16.5. The number of nitrogens with one attached hydrogen (secondary N) is 3. The van der Waals surface area contributed by atoms with Gasteiger partial charge in [0.1, 0.15) is 24.4 Å². The van der Waals surface area contributed by atoms with E-state index in [-0.39, 0.29) is 36.0 Å². The normalized spacial score (nSPS) is 16.2. The minimum absolute atomic E-state index is 0.0768. The lowest BCUT2D eigenvalue weighted by Gasteiger charge is -2.28. The maximum absolute atomic E-state index is 12.7. The van der Waals surface area contributed by atoms with Crippen molar-refractivity contribution in [2.24, 2.45) is 34.0 Å². The first-order chi connectivity index (χ1) is 18.8. The molecule has 3 unspecified atom stereocenters. The Morgan fingerprint density at radius 2 is 1.65 bits per heavy atom. The van der Waals surface area contributed by atoms with Crippen molar-refractivity contribution in [3.63, 3.8) is 0 Å². The number of rotatable bonds is 12. The number of ether oxygens (including phenoxy) is 1. The van der Waals surface area contributed by atoms with E-state index in [0.29, 0.717) is 25.1 Å². The average Bonchev–Trinajstić information content (AvgIpc) is 3.39. The maximum Gasteiger partial charge on any atom is 0.330 e. The predicted molar refractivity (Wildman–Crippen MR) is 148 cm³/mol. The molecule has 0 saturated carbocycles. The van der Waals surface area contributed by atoms with Gasteiger partial charge in [0, 0.05) is 6.54 Å². The molecule has 1 heterocycles. The van der Waals surface area contributed by atoms with Gasteiger partial charge in [0.15, 0.2) is 5.96 Å². The Bertz CT molecular complexity index is 1100. The van der Waals surface area contributed by atoms with E-state index in [9.17, 15) is 24.0 Å². The number of carbonyl (C=O) groups is 5. The van der Waals surface area contributed by atoms with Gasteiger partial charge in [-0.05, 0) is 48.9 Å². The first kappa shape index (κ1) is 32.0. The Morgan fingerprint density at radius 1 is 1.00 bits per heavy atom. The summed E-state index contributed by atoms with van der Waals surface area (Å²) in [7, 11) is 0. The lowest BCUT2D eigenvalue weighted by Crippen LogP contribution is -2.55. The Kier molecular flexibility index (Phi) is 11.9. The van der Waals surface area contributed by atoms with E-state index in [4.69, 9.17) is 21.9 Å². The number of nitrogens with zero attached hydrogens (tertiary/aromatic N) is 2. The van der Waals surface area contributed by atoms with Gasteiger partial charge in [0.25, 0.3) is 0 Å². The predicted octanol–water partition coefficient (Wildman–Crippen LogP) is -1.16. The molecule has 1 aromatic rings. The fourth-order valence-electron chi connectivity index (χ4n) is 4.00. The van der Waals surface area contributed by atoms with Crippen LogP contribution in [0.15, 0.2) is 29.3 Å². The van der Waals surface area contributed by atoms with Crippen molar-refractivity contribution in [1.29, 1.82) is 0 Å². The number of benzene rings is 1. The first-order valence-electron chi connectivity index (χ1n) is 13.1. The number of hydrogen-bond acceptors (Lipinski definition) is 8. The zero-order valence-corrected chi connectivity index (χ0v) is 23.3. The molecule has 9 N–H and O–H groups in total. The van der Waals surface area contributed by atoms with Crippen LogP contribution >= 0.6 is 0 Å². The minimum Gasteiger partial charge on any atom is -0.425 e. The molecule has 0 aromatic heterocycles. The fourth-order valence-corrected chi connectivity index (χ4v) is 4.00. The highest BCUT2D eigenvalue weighted by molar-refractivity contribution is 5.94. The Morgan fingerprint density at radius 3 is 2.23 bits per heavy atom. The molecular formula is C26H40N8O6. The fraction of sp³-hybridized carbons (Fsp3) is 0.538. The van der Waals surface area contributed by atoms with Crippen molar-refractivity contribution in [2.45, 2.75) is 58.7 Å². The molecule has 220 valence electrons. The molecule has 1 aliphatic heterocycles.